The summed E-state index contributed by atoms with van der Waals surface area (Å²) in [5.74, 6) is 0.692. The van der Waals surface area contributed by atoms with Gasteiger partial charge in [0.05, 0.1) is 0 Å². The molecule has 0 saturated heterocycles. The molecule has 0 saturated carbocycles. The summed E-state index contributed by atoms with van der Waals surface area (Å²) in [4.78, 5) is 0. The van der Waals surface area contributed by atoms with Crippen molar-refractivity contribution in [1.82, 2.24) is 5.32 Å². The Morgan fingerprint density at radius 2 is 1.76 bits per heavy atom. The van der Waals surface area contributed by atoms with Crippen molar-refractivity contribution in [2.45, 2.75) is 52.4 Å². The fraction of sp³-hybridized carbons (Fsp3) is 0.625. The summed E-state index contributed by atoms with van der Waals surface area (Å²) < 4.78 is 0. The first-order valence-corrected chi connectivity index (χ1v) is 7.07. The molecule has 0 radical (unpaired) electrons. The van der Waals surface area contributed by atoms with E-state index in [4.69, 9.17) is 0 Å². The first-order valence-electron chi connectivity index (χ1n) is 7.07. The van der Waals surface area contributed by atoms with Gasteiger partial charge >= 0.3 is 0 Å². The van der Waals surface area contributed by atoms with Gasteiger partial charge in [-0.3, -0.25) is 0 Å². The molecule has 0 bridgehead atoms. The predicted molar refractivity (Wildman–Crippen MR) is 76.6 cm³/mol. The van der Waals surface area contributed by atoms with E-state index in [1.165, 1.54) is 36.8 Å². The lowest BCUT2D eigenvalue weighted by molar-refractivity contribution is 0.640. The van der Waals surface area contributed by atoms with E-state index in [1.807, 2.05) is 0 Å². The van der Waals surface area contributed by atoms with Crippen LogP contribution in [0.1, 0.15) is 57.1 Å². The standard InChI is InChI=1S/C16H27N/c1-4-14(3)16-11-9-15(10-12-16)8-6-7-13-17-5-2/h9-12,14,17H,4-8,13H2,1-3H3. The van der Waals surface area contributed by atoms with Crippen molar-refractivity contribution in [3.63, 3.8) is 0 Å². The predicted octanol–water partition coefficient (Wildman–Crippen LogP) is 4.13. The van der Waals surface area contributed by atoms with E-state index in [0.29, 0.717) is 5.92 Å². The Morgan fingerprint density at radius 3 is 2.35 bits per heavy atom. The van der Waals surface area contributed by atoms with E-state index in [2.05, 4.69) is 50.4 Å². The molecule has 1 nitrogen and oxygen atoms in total. The smallest absolute Gasteiger partial charge is 0.00489 e. The maximum absolute atomic E-state index is 3.37. The van der Waals surface area contributed by atoms with Crippen LogP contribution in [0.4, 0.5) is 0 Å². The molecule has 0 spiro atoms. The second-order valence-corrected chi connectivity index (χ2v) is 4.86. The first kappa shape index (κ1) is 14.2. The molecular weight excluding hydrogens is 206 g/mol. The molecule has 0 heterocycles. The van der Waals surface area contributed by atoms with Crippen LogP contribution >= 0.6 is 0 Å². The first-order chi connectivity index (χ1) is 8.27. The van der Waals surface area contributed by atoms with Crippen LogP contribution in [-0.4, -0.2) is 13.1 Å². The molecule has 1 atom stereocenters. The number of rotatable bonds is 8. The van der Waals surface area contributed by atoms with Crippen LogP contribution in [0.3, 0.4) is 0 Å². The van der Waals surface area contributed by atoms with Gasteiger partial charge in [0.1, 0.15) is 0 Å². The minimum atomic E-state index is 0.692. The number of hydrogen-bond donors (Lipinski definition) is 1. The quantitative estimate of drug-likeness (QED) is 0.666. The average Bonchev–Trinajstić information content (AvgIpc) is 2.38. The average molecular weight is 233 g/mol. The Morgan fingerprint density at radius 1 is 1.06 bits per heavy atom. The molecule has 17 heavy (non-hydrogen) atoms. The normalized spacial score (nSPS) is 12.6. The van der Waals surface area contributed by atoms with Crippen LogP contribution in [0.15, 0.2) is 24.3 Å². The second kappa shape index (κ2) is 8.30. The summed E-state index contributed by atoms with van der Waals surface area (Å²) in [5, 5.41) is 3.37. The molecule has 0 aliphatic carbocycles. The molecule has 0 aromatic heterocycles. The summed E-state index contributed by atoms with van der Waals surface area (Å²) in [6.07, 6.45) is 5.00. The summed E-state index contributed by atoms with van der Waals surface area (Å²) in [6.45, 7) is 8.95. The van der Waals surface area contributed by atoms with Gasteiger partial charge in [0.15, 0.2) is 0 Å². The van der Waals surface area contributed by atoms with E-state index in [9.17, 15) is 0 Å². The third-order valence-corrected chi connectivity index (χ3v) is 3.48. The van der Waals surface area contributed by atoms with Crippen molar-refractivity contribution >= 4 is 0 Å². The van der Waals surface area contributed by atoms with Crippen molar-refractivity contribution in [2.75, 3.05) is 13.1 Å². The van der Waals surface area contributed by atoms with Crippen molar-refractivity contribution in [1.29, 1.82) is 0 Å². The zero-order valence-corrected chi connectivity index (χ0v) is 11.6. The summed E-state index contributed by atoms with van der Waals surface area (Å²) >= 11 is 0. The van der Waals surface area contributed by atoms with Crippen molar-refractivity contribution in [3.05, 3.63) is 35.4 Å². The summed E-state index contributed by atoms with van der Waals surface area (Å²) in [5.41, 5.74) is 2.96. The maximum atomic E-state index is 3.37. The molecule has 1 unspecified atom stereocenters. The van der Waals surface area contributed by atoms with E-state index < -0.39 is 0 Å². The van der Waals surface area contributed by atoms with Gasteiger partial charge in [-0.1, -0.05) is 45.0 Å². The van der Waals surface area contributed by atoms with Crippen molar-refractivity contribution < 1.29 is 0 Å². The van der Waals surface area contributed by atoms with Gasteiger partial charge < -0.3 is 5.32 Å². The molecule has 0 aliphatic rings. The van der Waals surface area contributed by atoms with Gasteiger partial charge in [-0.05, 0) is 55.8 Å². The topological polar surface area (TPSA) is 12.0 Å². The van der Waals surface area contributed by atoms with Gasteiger partial charge in [-0.2, -0.15) is 0 Å². The Hall–Kier alpha value is -0.820. The van der Waals surface area contributed by atoms with Crippen LogP contribution in [0.25, 0.3) is 0 Å². The fourth-order valence-electron chi connectivity index (χ4n) is 2.00. The Bertz CT molecular complexity index is 289. The van der Waals surface area contributed by atoms with Crippen LogP contribution in [0, 0.1) is 0 Å². The van der Waals surface area contributed by atoms with Gasteiger partial charge in [0.2, 0.25) is 0 Å². The van der Waals surface area contributed by atoms with Crippen molar-refractivity contribution in [2.24, 2.45) is 0 Å². The summed E-state index contributed by atoms with van der Waals surface area (Å²) in [7, 11) is 0. The highest BCUT2D eigenvalue weighted by atomic mass is 14.8. The highest BCUT2D eigenvalue weighted by Gasteiger charge is 2.02. The molecule has 1 N–H and O–H groups in total. The minimum Gasteiger partial charge on any atom is -0.317 e. The Balaban J connectivity index is 2.30. The number of benzene rings is 1. The monoisotopic (exact) mass is 233 g/mol. The zero-order valence-electron chi connectivity index (χ0n) is 11.6. The third-order valence-electron chi connectivity index (χ3n) is 3.48. The highest BCUT2D eigenvalue weighted by Crippen LogP contribution is 2.19. The molecule has 1 rings (SSSR count). The minimum absolute atomic E-state index is 0.692. The molecule has 96 valence electrons. The molecule has 0 fully saturated rings. The molecule has 1 aromatic carbocycles. The fourth-order valence-corrected chi connectivity index (χ4v) is 2.00. The molecule has 1 heteroatoms. The van der Waals surface area contributed by atoms with Crippen molar-refractivity contribution in [3.8, 4) is 0 Å². The van der Waals surface area contributed by atoms with E-state index >= 15 is 0 Å². The Labute approximate surface area is 107 Å². The van der Waals surface area contributed by atoms with Gasteiger partial charge in [-0.15, -0.1) is 0 Å². The lowest BCUT2D eigenvalue weighted by atomic mass is 9.96. The molecule has 0 amide bonds. The molecular formula is C16H27N. The number of aryl methyl sites for hydroxylation is 1. The lowest BCUT2D eigenvalue weighted by Gasteiger charge is -2.09. The largest absolute Gasteiger partial charge is 0.317 e. The van der Waals surface area contributed by atoms with E-state index in [1.54, 1.807) is 0 Å². The summed E-state index contributed by atoms with van der Waals surface area (Å²) in [6, 6.07) is 9.20. The maximum Gasteiger partial charge on any atom is -0.00489 e. The van der Waals surface area contributed by atoms with Gasteiger partial charge in [-0.25, -0.2) is 0 Å². The van der Waals surface area contributed by atoms with Crippen LogP contribution in [-0.2, 0) is 6.42 Å². The SMILES string of the molecule is CCNCCCCc1ccc(C(C)CC)cc1. The van der Waals surface area contributed by atoms with Crippen LogP contribution in [0.5, 0.6) is 0 Å². The van der Waals surface area contributed by atoms with Gasteiger partial charge in [0, 0.05) is 0 Å². The Kier molecular flexibility index (Phi) is 6.95. The van der Waals surface area contributed by atoms with E-state index in [-0.39, 0.29) is 0 Å². The third kappa shape index (κ3) is 5.36. The van der Waals surface area contributed by atoms with Crippen LogP contribution < -0.4 is 5.32 Å². The highest BCUT2D eigenvalue weighted by molar-refractivity contribution is 5.25. The second-order valence-electron chi connectivity index (χ2n) is 4.86. The lowest BCUT2D eigenvalue weighted by Crippen LogP contribution is -2.13. The number of nitrogens with one attached hydrogen (secondary N) is 1. The van der Waals surface area contributed by atoms with Crippen LogP contribution in [0.2, 0.25) is 0 Å². The molecule has 1 aromatic rings. The van der Waals surface area contributed by atoms with E-state index in [0.717, 1.165) is 13.1 Å². The number of hydrogen-bond acceptors (Lipinski definition) is 1. The molecule has 0 aliphatic heterocycles. The van der Waals surface area contributed by atoms with Gasteiger partial charge in [0.25, 0.3) is 0 Å². The number of unbranched alkanes of at least 4 members (excludes halogenated alkanes) is 1. The zero-order chi connectivity index (χ0) is 12.5.